The fraction of sp³-hybridized carbons (Fsp3) is 0.333. The highest BCUT2D eigenvalue weighted by molar-refractivity contribution is 7.19. The maximum atomic E-state index is 13.6. The number of aromatic nitrogens is 2. The average Bonchev–Trinajstić information content (AvgIpc) is 3.02. The van der Waals surface area contributed by atoms with Crippen LogP contribution in [0, 0.1) is 12.7 Å². The summed E-state index contributed by atoms with van der Waals surface area (Å²) in [5.74, 6) is 0.427. The Hall–Kier alpha value is -1.28. The van der Waals surface area contributed by atoms with Crippen molar-refractivity contribution < 1.29 is 4.39 Å². The van der Waals surface area contributed by atoms with Crippen LogP contribution in [0.5, 0.6) is 0 Å². The lowest BCUT2D eigenvalue weighted by Crippen LogP contribution is -2.17. The smallest absolute Gasteiger partial charge is 0.224 e. The van der Waals surface area contributed by atoms with Gasteiger partial charge in [0.05, 0.1) is 21.6 Å². The molecule has 0 fully saturated rings. The van der Waals surface area contributed by atoms with Gasteiger partial charge >= 0.3 is 0 Å². The number of nitrogens with zero attached hydrogens (tertiary/aromatic N) is 2. The molecule has 4 nitrogen and oxygen atoms in total. The summed E-state index contributed by atoms with van der Waals surface area (Å²) in [7, 11) is 0. The molecule has 3 aromatic heterocycles. The van der Waals surface area contributed by atoms with Gasteiger partial charge in [-0.15, -0.1) is 22.7 Å². The topological polar surface area (TPSA) is 63.8 Å². The van der Waals surface area contributed by atoms with Gasteiger partial charge in [-0.2, -0.15) is 4.98 Å². The van der Waals surface area contributed by atoms with E-state index in [1.165, 1.54) is 22.3 Å². The van der Waals surface area contributed by atoms with Gasteiger partial charge in [0.2, 0.25) is 5.28 Å². The van der Waals surface area contributed by atoms with Gasteiger partial charge in [-0.05, 0) is 48.9 Å². The van der Waals surface area contributed by atoms with Crippen LogP contribution in [-0.4, -0.2) is 16.0 Å². The minimum absolute atomic E-state index is 0.0711. The van der Waals surface area contributed by atoms with Gasteiger partial charge in [0.25, 0.3) is 0 Å². The number of fused-ring (bicyclic) bond motifs is 1. The van der Waals surface area contributed by atoms with Crippen molar-refractivity contribution in [3.8, 4) is 0 Å². The van der Waals surface area contributed by atoms with Gasteiger partial charge in [0, 0.05) is 10.9 Å². The van der Waals surface area contributed by atoms with E-state index >= 15 is 0 Å². The zero-order valence-electron chi connectivity index (χ0n) is 12.7. The number of nitrogens with two attached hydrogens (primary N) is 1. The second-order valence-corrected chi connectivity index (χ2v) is 7.84. The number of anilines is 1. The van der Waals surface area contributed by atoms with Crippen LogP contribution in [-0.2, 0) is 13.0 Å². The van der Waals surface area contributed by atoms with Crippen molar-refractivity contribution in [2.75, 3.05) is 5.32 Å². The number of nitrogens with one attached hydrogen (secondary N) is 1. The van der Waals surface area contributed by atoms with Gasteiger partial charge in [-0.3, -0.25) is 0 Å². The Bertz CT molecular complexity index is 843. The summed E-state index contributed by atoms with van der Waals surface area (Å²) in [6.07, 6.45) is 0.781. The van der Waals surface area contributed by atoms with Crippen LogP contribution in [0.3, 0.4) is 0 Å². The SMILES string of the molecule is Cc1c(C[C@H](C)N)sc2c(NCc3sccc3F)nc(Cl)nc12. The second kappa shape index (κ2) is 6.68. The number of rotatable bonds is 5. The first kappa shape index (κ1) is 16.6. The Kier molecular flexibility index (Phi) is 4.82. The third-order valence-corrected chi connectivity index (χ3v) is 5.83. The van der Waals surface area contributed by atoms with Crippen molar-refractivity contribution in [1.29, 1.82) is 0 Å². The lowest BCUT2D eigenvalue weighted by Gasteiger charge is -2.06. The van der Waals surface area contributed by atoms with Crippen molar-refractivity contribution in [1.82, 2.24) is 9.97 Å². The van der Waals surface area contributed by atoms with Gasteiger partial charge in [-0.25, -0.2) is 9.37 Å². The van der Waals surface area contributed by atoms with Crippen LogP contribution in [0.1, 0.15) is 22.2 Å². The molecule has 122 valence electrons. The minimum Gasteiger partial charge on any atom is -0.364 e. The molecule has 8 heteroatoms. The number of halogens is 2. The molecule has 0 amide bonds. The van der Waals surface area contributed by atoms with Crippen LogP contribution in [0.2, 0.25) is 5.28 Å². The van der Waals surface area contributed by atoms with E-state index in [0.29, 0.717) is 17.2 Å². The molecule has 3 N–H and O–H groups in total. The van der Waals surface area contributed by atoms with Crippen molar-refractivity contribution in [3.05, 3.63) is 37.9 Å². The quantitative estimate of drug-likeness (QED) is 0.655. The monoisotopic (exact) mass is 370 g/mol. The summed E-state index contributed by atoms with van der Waals surface area (Å²) < 4.78 is 14.5. The highest BCUT2D eigenvalue weighted by Gasteiger charge is 2.17. The molecule has 0 unspecified atom stereocenters. The van der Waals surface area contributed by atoms with E-state index in [1.807, 2.05) is 13.8 Å². The minimum atomic E-state index is -0.209. The summed E-state index contributed by atoms with van der Waals surface area (Å²) in [5.41, 5.74) is 7.82. The molecule has 3 rings (SSSR count). The maximum Gasteiger partial charge on any atom is 0.224 e. The Labute approximate surface area is 146 Å². The average molecular weight is 371 g/mol. The third kappa shape index (κ3) is 3.47. The Morgan fingerprint density at radius 2 is 2.17 bits per heavy atom. The number of hydrogen-bond donors (Lipinski definition) is 2. The summed E-state index contributed by atoms with van der Waals surface area (Å²) >= 11 is 9.03. The Balaban J connectivity index is 1.97. The molecule has 3 heterocycles. The standard InChI is InChI=1S/C15H16ClFN4S2/c1-7(18)5-10-8(2)12-13(23-10)14(21-15(16)20-12)19-6-11-9(17)3-4-22-11/h3-4,7H,5-6,18H2,1-2H3,(H,19,20,21)/t7-/m0/s1. The van der Waals surface area contributed by atoms with Crippen LogP contribution in [0.25, 0.3) is 10.2 Å². The number of aryl methyl sites for hydroxylation is 1. The molecule has 0 saturated carbocycles. The van der Waals surface area contributed by atoms with E-state index in [2.05, 4.69) is 15.3 Å². The second-order valence-electron chi connectivity index (χ2n) is 5.40. The number of thiophene rings is 2. The first-order chi connectivity index (χ1) is 11.0. The predicted octanol–water partition coefficient (Wildman–Crippen LogP) is 4.36. The molecule has 0 aliphatic rings. The normalized spacial score (nSPS) is 12.7. The summed E-state index contributed by atoms with van der Waals surface area (Å²) in [6.45, 7) is 4.36. The van der Waals surface area contributed by atoms with Gasteiger partial charge < -0.3 is 11.1 Å². The van der Waals surface area contributed by atoms with E-state index in [9.17, 15) is 4.39 Å². The molecule has 0 bridgehead atoms. The van der Waals surface area contributed by atoms with E-state index < -0.39 is 0 Å². The van der Waals surface area contributed by atoms with Gasteiger partial charge in [0.1, 0.15) is 11.6 Å². The van der Waals surface area contributed by atoms with Crippen molar-refractivity contribution in [2.24, 2.45) is 5.73 Å². The van der Waals surface area contributed by atoms with E-state index in [-0.39, 0.29) is 17.1 Å². The molecule has 3 aromatic rings. The lowest BCUT2D eigenvalue weighted by atomic mass is 10.1. The van der Waals surface area contributed by atoms with Gasteiger partial charge in [-0.1, -0.05) is 0 Å². The first-order valence-corrected chi connectivity index (χ1v) is 9.20. The molecule has 0 spiro atoms. The summed E-state index contributed by atoms with van der Waals surface area (Å²) in [5, 5.41) is 5.09. The van der Waals surface area contributed by atoms with E-state index in [1.54, 1.807) is 16.7 Å². The van der Waals surface area contributed by atoms with Gasteiger partial charge in [0.15, 0.2) is 0 Å². The van der Waals surface area contributed by atoms with Crippen molar-refractivity contribution in [3.63, 3.8) is 0 Å². The zero-order chi connectivity index (χ0) is 16.6. The van der Waals surface area contributed by atoms with E-state index in [4.69, 9.17) is 17.3 Å². The highest BCUT2D eigenvalue weighted by atomic mass is 35.5. The maximum absolute atomic E-state index is 13.6. The predicted molar refractivity (Wildman–Crippen MR) is 96.1 cm³/mol. The molecular formula is C15H16ClFN4S2. The van der Waals surface area contributed by atoms with Crippen LogP contribution in [0.15, 0.2) is 11.4 Å². The molecule has 0 saturated heterocycles. The van der Waals surface area contributed by atoms with E-state index in [0.717, 1.165) is 22.2 Å². The third-order valence-electron chi connectivity index (χ3n) is 3.45. The van der Waals surface area contributed by atoms with Crippen LogP contribution in [0.4, 0.5) is 10.2 Å². The summed E-state index contributed by atoms with van der Waals surface area (Å²) in [6, 6.07) is 1.53. The fourth-order valence-corrected chi connectivity index (χ4v) is 4.54. The number of hydrogen-bond acceptors (Lipinski definition) is 6. The summed E-state index contributed by atoms with van der Waals surface area (Å²) in [4.78, 5) is 10.4. The molecule has 1 atom stereocenters. The first-order valence-electron chi connectivity index (χ1n) is 7.12. The molecule has 0 aromatic carbocycles. The van der Waals surface area contributed by atoms with Crippen LogP contribution < -0.4 is 11.1 Å². The largest absolute Gasteiger partial charge is 0.364 e. The highest BCUT2D eigenvalue weighted by Crippen LogP contribution is 2.35. The van der Waals surface area contributed by atoms with Crippen LogP contribution >= 0.6 is 34.3 Å². The molecule has 0 aliphatic carbocycles. The molecule has 0 radical (unpaired) electrons. The lowest BCUT2D eigenvalue weighted by molar-refractivity contribution is 0.621. The molecule has 0 aliphatic heterocycles. The zero-order valence-corrected chi connectivity index (χ0v) is 15.1. The molecular weight excluding hydrogens is 355 g/mol. The Morgan fingerprint density at radius 1 is 1.39 bits per heavy atom. The molecule has 23 heavy (non-hydrogen) atoms. The fourth-order valence-electron chi connectivity index (χ4n) is 2.33. The van der Waals surface area contributed by atoms with Crippen molar-refractivity contribution in [2.45, 2.75) is 32.9 Å². The Morgan fingerprint density at radius 3 is 2.83 bits per heavy atom. The van der Waals surface area contributed by atoms with Crippen molar-refractivity contribution >= 4 is 50.3 Å².